The molecule has 0 saturated heterocycles. The predicted molar refractivity (Wildman–Crippen MR) is 91.0 cm³/mol. The molecule has 0 aromatic heterocycles. The Balaban J connectivity index is 2.69. The Morgan fingerprint density at radius 2 is 1.79 bits per heavy atom. The highest BCUT2D eigenvalue weighted by Gasteiger charge is 2.23. The number of carbonyl (C=O) groups is 2. The summed E-state index contributed by atoms with van der Waals surface area (Å²) in [6.45, 7) is 11.1. The van der Waals surface area contributed by atoms with Gasteiger partial charge >= 0.3 is 12.1 Å². The molecule has 1 aromatic carbocycles. The molecule has 24 heavy (non-hydrogen) atoms. The molecule has 1 aromatic rings. The number of benzene rings is 1. The second kappa shape index (κ2) is 7.97. The van der Waals surface area contributed by atoms with E-state index in [0.29, 0.717) is 17.9 Å². The minimum Gasteiger partial charge on any atom is -0.480 e. The molecule has 6 nitrogen and oxygen atoms in total. The average molecular weight is 335 g/mol. The van der Waals surface area contributed by atoms with Crippen LogP contribution in [0.15, 0.2) is 36.4 Å². The van der Waals surface area contributed by atoms with Crippen molar-refractivity contribution < 1.29 is 24.2 Å². The first-order chi connectivity index (χ1) is 11.0. The van der Waals surface area contributed by atoms with Crippen molar-refractivity contribution in [1.82, 2.24) is 4.90 Å². The van der Waals surface area contributed by atoms with Crippen molar-refractivity contribution in [2.45, 2.75) is 45.9 Å². The van der Waals surface area contributed by atoms with E-state index in [0.717, 1.165) is 5.56 Å². The zero-order valence-corrected chi connectivity index (χ0v) is 14.8. The van der Waals surface area contributed by atoms with Crippen LogP contribution >= 0.6 is 0 Å². The second-order valence-electron chi connectivity index (χ2n) is 6.71. The molecule has 1 N–H and O–H groups in total. The standard InChI is InChI=1S/C18H25NO5/c1-12(2)15(16(20)21)19(6)11-13-7-9-14(10-8-13)23-17(22)24-18(3,4)5/h7-10,15H,1,11H2,2-6H3,(H,20,21). The van der Waals surface area contributed by atoms with Gasteiger partial charge in [-0.2, -0.15) is 0 Å². The van der Waals surface area contributed by atoms with Gasteiger partial charge in [0.2, 0.25) is 0 Å². The van der Waals surface area contributed by atoms with Crippen LogP contribution in [0.4, 0.5) is 4.79 Å². The molecule has 0 bridgehead atoms. The maximum absolute atomic E-state index is 11.6. The second-order valence-corrected chi connectivity index (χ2v) is 6.71. The minimum absolute atomic E-state index is 0.366. The van der Waals surface area contributed by atoms with E-state index in [1.807, 2.05) is 0 Å². The average Bonchev–Trinajstić information content (AvgIpc) is 2.37. The van der Waals surface area contributed by atoms with Crippen LogP contribution < -0.4 is 4.74 Å². The summed E-state index contributed by atoms with van der Waals surface area (Å²) in [6.07, 6.45) is -0.763. The van der Waals surface area contributed by atoms with Gasteiger partial charge in [-0.25, -0.2) is 4.79 Å². The SMILES string of the molecule is C=C(C)C(C(=O)O)N(C)Cc1ccc(OC(=O)OC(C)(C)C)cc1. The maximum atomic E-state index is 11.6. The van der Waals surface area contributed by atoms with Gasteiger partial charge in [0.1, 0.15) is 17.4 Å². The summed E-state index contributed by atoms with van der Waals surface area (Å²) in [4.78, 5) is 24.6. The number of carbonyl (C=O) groups excluding carboxylic acids is 1. The molecule has 0 aliphatic carbocycles. The summed E-state index contributed by atoms with van der Waals surface area (Å²) in [6, 6.07) is 6.08. The number of ether oxygens (including phenoxy) is 2. The van der Waals surface area contributed by atoms with E-state index in [1.165, 1.54) is 0 Å². The van der Waals surface area contributed by atoms with Crippen molar-refractivity contribution in [3.05, 3.63) is 42.0 Å². The summed E-state index contributed by atoms with van der Waals surface area (Å²) < 4.78 is 10.2. The van der Waals surface area contributed by atoms with E-state index in [-0.39, 0.29) is 0 Å². The molecule has 0 aliphatic rings. The Bertz CT molecular complexity index is 587. The molecule has 1 atom stereocenters. The summed E-state index contributed by atoms with van der Waals surface area (Å²) in [5, 5.41) is 9.25. The van der Waals surface area contributed by atoms with E-state index in [4.69, 9.17) is 9.47 Å². The van der Waals surface area contributed by atoms with E-state index in [1.54, 1.807) is 63.9 Å². The quantitative estimate of drug-likeness (QED) is 0.487. The van der Waals surface area contributed by atoms with Crippen molar-refractivity contribution in [3.63, 3.8) is 0 Å². The third kappa shape index (κ3) is 6.42. The summed E-state index contributed by atoms with van der Waals surface area (Å²) >= 11 is 0. The fraction of sp³-hybridized carbons (Fsp3) is 0.444. The molecule has 1 unspecified atom stereocenters. The normalized spacial score (nSPS) is 12.6. The Hall–Kier alpha value is -2.34. The van der Waals surface area contributed by atoms with Crippen molar-refractivity contribution in [3.8, 4) is 5.75 Å². The zero-order valence-electron chi connectivity index (χ0n) is 14.8. The van der Waals surface area contributed by atoms with E-state index in [9.17, 15) is 14.7 Å². The van der Waals surface area contributed by atoms with Crippen LogP contribution in [0.2, 0.25) is 0 Å². The van der Waals surface area contributed by atoms with Gasteiger partial charge in [-0.3, -0.25) is 9.69 Å². The Labute approximate surface area is 142 Å². The molecular formula is C18H25NO5. The highest BCUT2D eigenvalue weighted by Crippen LogP contribution is 2.17. The molecule has 132 valence electrons. The number of carboxylic acids is 1. The molecule has 0 fully saturated rings. The molecular weight excluding hydrogens is 310 g/mol. The summed E-state index contributed by atoms with van der Waals surface area (Å²) in [7, 11) is 1.72. The van der Waals surface area contributed by atoms with Gasteiger partial charge in [-0.15, -0.1) is 0 Å². The molecule has 0 saturated carbocycles. The van der Waals surface area contributed by atoms with Crippen molar-refractivity contribution in [2.24, 2.45) is 0 Å². The maximum Gasteiger partial charge on any atom is 0.514 e. The molecule has 0 heterocycles. The molecule has 6 heteroatoms. The highest BCUT2D eigenvalue weighted by molar-refractivity contribution is 5.77. The number of hydrogen-bond donors (Lipinski definition) is 1. The Kier molecular flexibility index (Phi) is 6.54. The number of likely N-dealkylation sites (N-methyl/N-ethyl adjacent to an activating group) is 1. The van der Waals surface area contributed by atoms with Crippen molar-refractivity contribution >= 4 is 12.1 Å². The van der Waals surface area contributed by atoms with Gasteiger partial charge in [0, 0.05) is 6.54 Å². The topological polar surface area (TPSA) is 76.1 Å². The van der Waals surface area contributed by atoms with Gasteiger partial charge in [0.15, 0.2) is 0 Å². The minimum atomic E-state index is -0.935. The first-order valence-electron chi connectivity index (χ1n) is 7.58. The third-order valence-electron chi connectivity index (χ3n) is 3.09. The van der Waals surface area contributed by atoms with Crippen molar-refractivity contribution in [2.75, 3.05) is 7.05 Å². The monoisotopic (exact) mass is 335 g/mol. The smallest absolute Gasteiger partial charge is 0.480 e. The lowest BCUT2D eigenvalue weighted by Crippen LogP contribution is -2.38. The van der Waals surface area contributed by atoms with E-state index < -0.39 is 23.8 Å². The van der Waals surface area contributed by atoms with Crippen LogP contribution in [0.3, 0.4) is 0 Å². The van der Waals surface area contributed by atoms with Crippen LogP contribution in [0.1, 0.15) is 33.3 Å². The van der Waals surface area contributed by atoms with Gasteiger partial charge in [0.25, 0.3) is 0 Å². The molecule has 0 aliphatic heterocycles. The Morgan fingerprint density at radius 3 is 2.21 bits per heavy atom. The fourth-order valence-corrected chi connectivity index (χ4v) is 2.18. The van der Waals surface area contributed by atoms with Crippen LogP contribution in [0, 0.1) is 0 Å². The van der Waals surface area contributed by atoms with Gasteiger partial charge in [-0.1, -0.05) is 24.3 Å². The largest absolute Gasteiger partial charge is 0.514 e. The first kappa shape index (κ1) is 19.7. The van der Waals surface area contributed by atoms with Crippen molar-refractivity contribution in [1.29, 1.82) is 0 Å². The predicted octanol–water partition coefficient (Wildman–Crippen LogP) is 3.46. The number of hydrogen-bond acceptors (Lipinski definition) is 5. The third-order valence-corrected chi connectivity index (χ3v) is 3.09. The lowest BCUT2D eigenvalue weighted by Gasteiger charge is -2.25. The van der Waals surface area contributed by atoms with Gasteiger partial charge < -0.3 is 14.6 Å². The van der Waals surface area contributed by atoms with Crippen LogP contribution in [0.25, 0.3) is 0 Å². The van der Waals surface area contributed by atoms with Gasteiger partial charge in [-0.05, 0) is 52.4 Å². The van der Waals surface area contributed by atoms with Crippen LogP contribution in [-0.2, 0) is 16.1 Å². The van der Waals surface area contributed by atoms with Crippen LogP contribution in [-0.4, -0.2) is 40.8 Å². The Morgan fingerprint density at radius 1 is 1.25 bits per heavy atom. The van der Waals surface area contributed by atoms with E-state index >= 15 is 0 Å². The number of nitrogens with zero attached hydrogens (tertiary/aromatic N) is 1. The lowest BCUT2D eigenvalue weighted by atomic mass is 10.1. The van der Waals surface area contributed by atoms with Crippen LogP contribution in [0.5, 0.6) is 5.75 Å². The van der Waals surface area contributed by atoms with E-state index in [2.05, 4.69) is 6.58 Å². The first-order valence-corrected chi connectivity index (χ1v) is 7.58. The molecule has 1 rings (SSSR count). The molecule has 0 amide bonds. The number of carboxylic acid groups (broad SMARTS) is 1. The lowest BCUT2D eigenvalue weighted by molar-refractivity contribution is -0.141. The molecule has 0 radical (unpaired) electrons. The summed E-state index contributed by atoms with van der Waals surface area (Å²) in [5.74, 6) is -0.569. The highest BCUT2D eigenvalue weighted by atomic mass is 16.7. The number of aliphatic carboxylic acids is 1. The van der Waals surface area contributed by atoms with Gasteiger partial charge in [0.05, 0.1) is 0 Å². The number of rotatable bonds is 6. The zero-order chi connectivity index (χ0) is 18.5. The fourth-order valence-electron chi connectivity index (χ4n) is 2.18. The summed E-state index contributed by atoms with van der Waals surface area (Å²) in [5.41, 5.74) is 0.838. The molecule has 0 spiro atoms.